The molecule has 9 heteroatoms. The highest BCUT2D eigenvalue weighted by molar-refractivity contribution is 8.17. The predicted octanol–water partition coefficient (Wildman–Crippen LogP) is 4.16. The van der Waals surface area contributed by atoms with Crippen molar-refractivity contribution in [1.82, 2.24) is 4.90 Å². The zero-order chi connectivity index (χ0) is 25.5. The minimum atomic E-state index is -0.794. The van der Waals surface area contributed by atoms with Crippen molar-refractivity contribution in [3.05, 3.63) is 42.0 Å². The number of benzene rings is 1. The van der Waals surface area contributed by atoms with E-state index in [2.05, 4.69) is 24.3 Å². The number of likely N-dealkylation sites (tertiary alicyclic amines) is 1. The summed E-state index contributed by atoms with van der Waals surface area (Å²) in [5.41, 5.74) is 1.09. The zero-order valence-electron chi connectivity index (χ0n) is 21.6. The van der Waals surface area contributed by atoms with Gasteiger partial charge in [-0.25, -0.2) is 0 Å². The van der Waals surface area contributed by atoms with Crippen molar-refractivity contribution >= 4 is 35.5 Å². The largest absolute Gasteiger partial charge is 0.369 e. The molecule has 4 heterocycles. The van der Waals surface area contributed by atoms with Crippen LogP contribution in [0.25, 0.3) is 6.08 Å². The van der Waals surface area contributed by atoms with Gasteiger partial charge in [0.1, 0.15) is 18.3 Å². The van der Waals surface area contributed by atoms with E-state index in [1.54, 1.807) is 7.11 Å². The van der Waals surface area contributed by atoms with Gasteiger partial charge in [-0.15, -0.1) is 23.5 Å². The molecule has 4 saturated heterocycles. The maximum absolute atomic E-state index is 13.5. The fourth-order valence-electron chi connectivity index (χ4n) is 5.45. The molecule has 36 heavy (non-hydrogen) atoms. The Hall–Kier alpha value is -1.07. The molecule has 1 aromatic carbocycles. The Kier molecular flexibility index (Phi) is 7.81. The van der Waals surface area contributed by atoms with Crippen LogP contribution < -0.4 is 0 Å². The van der Waals surface area contributed by atoms with E-state index in [0.717, 1.165) is 23.5 Å². The molecular formula is C27H37NO6S2. The van der Waals surface area contributed by atoms with Crippen molar-refractivity contribution < 1.29 is 28.5 Å². The van der Waals surface area contributed by atoms with Gasteiger partial charge in [0.15, 0.2) is 17.7 Å². The first-order valence-corrected chi connectivity index (χ1v) is 14.8. The lowest BCUT2D eigenvalue weighted by Gasteiger charge is -2.53. The molecule has 4 fully saturated rings. The van der Waals surface area contributed by atoms with Crippen LogP contribution in [0.3, 0.4) is 0 Å². The first kappa shape index (κ1) is 26.5. The molecule has 0 spiro atoms. The van der Waals surface area contributed by atoms with Crippen LogP contribution >= 0.6 is 23.5 Å². The summed E-state index contributed by atoms with van der Waals surface area (Å²) >= 11 is 3.81. The van der Waals surface area contributed by atoms with Gasteiger partial charge in [-0.1, -0.05) is 42.5 Å². The van der Waals surface area contributed by atoms with Gasteiger partial charge in [0, 0.05) is 7.11 Å². The highest BCUT2D eigenvalue weighted by Crippen LogP contribution is 2.46. The Bertz CT molecular complexity index is 951. The molecule has 198 valence electrons. The Labute approximate surface area is 222 Å². The van der Waals surface area contributed by atoms with E-state index in [1.165, 1.54) is 0 Å². The van der Waals surface area contributed by atoms with Gasteiger partial charge in [-0.2, -0.15) is 0 Å². The lowest BCUT2D eigenvalue weighted by Crippen LogP contribution is -2.72. The topological polar surface area (TPSA) is 66.5 Å². The number of β-lactam (4-membered cyclic amide) rings is 1. The minimum Gasteiger partial charge on any atom is -0.369 e. The number of carbonyl (C=O) groups excluding carboxylic acids is 1. The molecule has 6 atom stereocenters. The summed E-state index contributed by atoms with van der Waals surface area (Å²) in [6.45, 7) is 8.13. The number of hydrogen-bond acceptors (Lipinski definition) is 8. The average molecular weight is 536 g/mol. The lowest BCUT2D eigenvalue weighted by molar-refractivity contribution is -0.182. The molecule has 5 rings (SSSR count). The minimum absolute atomic E-state index is 0.00652. The van der Waals surface area contributed by atoms with E-state index < -0.39 is 17.7 Å². The smallest absolute Gasteiger partial charge is 0.255 e. The van der Waals surface area contributed by atoms with E-state index >= 15 is 0 Å². The van der Waals surface area contributed by atoms with Gasteiger partial charge in [0.25, 0.3) is 5.91 Å². The maximum Gasteiger partial charge on any atom is 0.255 e. The molecule has 4 aliphatic heterocycles. The molecule has 1 amide bonds. The number of methoxy groups -OCH3 is 1. The number of nitrogens with zero attached hydrogens (tertiary/aromatic N) is 1. The third-order valence-corrected chi connectivity index (χ3v) is 10.1. The third-order valence-electron chi connectivity index (χ3n) is 7.02. The summed E-state index contributed by atoms with van der Waals surface area (Å²) in [5, 5.41) is 0. The number of ether oxygens (including phenoxy) is 5. The van der Waals surface area contributed by atoms with Crippen LogP contribution in [0.1, 0.15) is 39.7 Å². The number of carbonyl (C=O) groups is 1. The van der Waals surface area contributed by atoms with Crippen molar-refractivity contribution in [3.8, 4) is 0 Å². The molecule has 7 nitrogen and oxygen atoms in total. The molecule has 0 bridgehead atoms. The first-order chi connectivity index (χ1) is 17.2. The van der Waals surface area contributed by atoms with Crippen molar-refractivity contribution in [2.24, 2.45) is 0 Å². The van der Waals surface area contributed by atoms with E-state index in [1.807, 2.05) is 74.3 Å². The summed E-state index contributed by atoms with van der Waals surface area (Å²) < 4.78 is 31.0. The molecule has 4 aliphatic rings. The SMILES string of the molecule is CO[C@@H]1C(=O)N([C@@H](C2SCCCS2)[C@H]2OC(C)(C)O[C@H]2[C@H]2COC(C)(C)O2)[C@@H]1/C=C/c1ccccc1. The monoisotopic (exact) mass is 535 g/mol. The van der Waals surface area contributed by atoms with Gasteiger partial charge in [0.05, 0.1) is 23.3 Å². The highest BCUT2D eigenvalue weighted by atomic mass is 32.2. The van der Waals surface area contributed by atoms with Crippen molar-refractivity contribution in [2.75, 3.05) is 25.2 Å². The Morgan fingerprint density at radius 3 is 2.42 bits per heavy atom. The molecule has 0 N–H and O–H groups in total. The van der Waals surface area contributed by atoms with Gasteiger partial charge in [0.2, 0.25) is 0 Å². The number of amides is 1. The molecule has 0 unspecified atom stereocenters. The first-order valence-electron chi connectivity index (χ1n) is 12.7. The van der Waals surface area contributed by atoms with Crippen LogP contribution in [0.15, 0.2) is 36.4 Å². The summed E-state index contributed by atoms with van der Waals surface area (Å²) in [6.07, 6.45) is 3.81. The summed E-state index contributed by atoms with van der Waals surface area (Å²) in [7, 11) is 1.61. The summed E-state index contributed by atoms with van der Waals surface area (Å²) in [6, 6.07) is 9.73. The molecule has 0 aliphatic carbocycles. The van der Waals surface area contributed by atoms with Gasteiger partial charge >= 0.3 is 0 Å². The molecular weight excluding hydrogens is 498 g/mol. The highest BCUT2D eigenvalue weighted by Gasteiger charge is 2.60. The number of thioether (sulfide) groups is 2. The van der Waals surface area contributed by atoms with E-state index in [9.17, 15) is 4.79 Å². The van der Waals surface area contributed by atoms with Gasteiger partial charge in [-0.05, 0) is 51.2 Å². The Morgan fingerprint density at radius 1 is 1.06 bits per heavy atom. The van der Waals surface area contributed by atoms with E-state index in [-0.39, 0.29) is 40.9 Å². The molecule has 1 aromatic rings. The second kappa shape index (κ2) is 10.6. The summed E-state index contributed by atoms with van der Waals surface area (Å²) in [5.74, 6) is 0.646. The van der Waals surface area contributed by atoms with Crippen LogP contribution in [0, 0.1) is 0 Å². The standard InChI is InChI=1S/C27H37NO6S2/c1-26(2)31-16-19(32-26)22-23(34-27(3,4)33-22)20(25-35-14-9-15-36-25)28-18(21(30-5)24(28)29)13-12-17-10-7-6-8-11-17/h6-8,10-13,18-23,25H,9,14-16H2,1-5H3/b13-12+/t18-,19-,20-,21+,22+,23-/m1/s1. The lowest BCUT2D eigenvalue weighted by atomic mass is 9.90. The normalized spacial score (nSPS) is 35.3. The fourth-order valence-corrected chi connectivity index (χ4v) is 8.65. The molecule has 0 saturated carbocycles. The van der Waals surface area contributed by atoms with Crippen LogP contribution in [-0.2, 0) is 28.5 Å². The predicted molar refractivity (Wildman–Crippen MR) is 143 cm³/mol. The zero-order valence-corrected chi connectivity index (χ0v) is 23.3. The van der Waals surface area contributed by atoms with Crippen LogP contribution in [0.5, 0.6) is 0 Å². The van der Waals surface area contributed by atoms with E-state index in [4.69, 9.17) is 23.7 Å². The Balaban J connectivity index is 1.48. The average Bonchev–Trinajstić information content (AvgIpc) is 3.38. The second-order valence-corrected chi connectivity index (χ2v) is 13.3. The number of rotatable bonds is 7. The van der Waals surface area contributed by atoms with Crippen LogP contribution in [-0.4, -0.2) is 88.7 Å². The number of hydrogen-bond donors (Lipinski definition) is 0. The van der Waals surface area contributed by atoms with Crippen LogP contribution in [0.2, 0.25) is 0 Å². The Morgan fingerprint density at radius 2 is 1.78 bits per heavy atom. The van der Waals surface area contributed by atoms with Gasteiger partial charge < -0.3 is 28.6 Å². The van der Waals surface area contributed by atoms with Crippen molar-refractivity contribution in [3.63, 3.8) is 0 Å². The quantitative estimate of drug-likeness (QED) is 0.483. The maximum atomic E-state index is 13.5. The molecule has 0 aromatic heterocycles. The summed E-state index contributed by atoms with van der Waals surface area (Å²) in [4.78, 5) is 15.5. The third kappa shape index (κ3) is 5.39. The van der Waals surface area contributed by atoms with E-state index in [0.29, 0.717) is 6.61 Å². The van der Waals surface area contributed by atoms with Crippen molar-refractivity contribution in [1.29, 1.82) is 0 Å². The van der Waals surface area contributed by atoms with Gasteiger partial charge in [-0.3, -0.25) is 4.79 Å². The van der Waals surface area contributed by atoms with Crippen molar-refractivity contribution in [2.45, 2.75) is 86.8 Å². The fraction of sp³-hybridized carbons (Fsp3) is 0.667. The van der Waals surface area contributed by atoms with Crippen LogP contribution in [0.4, 0.5) is 0 Å². The molecule has 0 radical (unpaired) electrons. The second-order valence-electron chi connectivity index (χ2n) is 10.5.